The molecule has 0 atom stereocenters. The van der Waals surface area contributed by atoms with Gasteiger partial charge in [0.25, 0.3) is 5.91 Å². The summed E-state index contributed by atoms with van der Waals surface area (Å²) >= 11 is 0. The molecule has 0 aliphatic heterocycles. The van der Waals surface area contributed by atoms with E-state index in [0.29, 0.717) is 17.4 Å². The van der Waals surface area contributed by atoms with Crippen molar-refractivity contribution < 1.29 is 17.2 Å². The molecule has 0 saturated heterocycles. The van der Waals surface area contributed by atoms with Gasteiger partial charge in [0, 0.05) is 46.3 Å². The Morgan fingerprint density at radius 3 is 2.70 bits per heavy atom. The number of benzene rings is 2. The van der Waals surface area contributed by atoms with Crippen LogP contribution in [0.15, 0.2) is 98.0 Å². The quantitative estimate of drug-likeness (QED) is 0.149. The molecule has 0 saturated carbocycles. The maximum Gasteiger partial charge on any atom is 0.293 e. The zero-order valence-corrected chi connectivity index (χ0v) is 20.1. The molecule has 2 N–H and O–H groups in total. The Hall–Kier alpha value is -5.02. The Morgan fingerprint density at radius 1 is 1.03 bits per heavy atom. The van der Waals surface area contributed by atoms with Gasteiger partial charge in [-0.1, -0.05) is 18.2 Å². The van der Waals surface area contributed by atoms with Gasteiger partial charge in [-0.05, 0) is 53.6 Å². The van der Waals surface area contributed by atoms with Crippen molar-refractivity contribution in [2.45, 2.75) is 0 Å². The third-order valence-corrected chi connectivity index (χ3v) is 5.55. The number of nitrogens with one attached hydrogen (secondary N) is 2. The highest BCUT2D eigenvalue weighted by molar-refractivity contribution is 5.91. The van der Waals surface area contributed by atoms with E-state index in [1.54, 1.807) is 18.5 Å². The van der Waals surface area contributed by atoms with Crippen molar-refractivity contribution in [2.75, 3.05) is 11.9 Å². The minimum atomic E-state index is -0.476. The number of ether oxygens (including phenoxy) is 1. The summed E-state index contributed by atoms with van der Waals surface area (Å²) in [6.45, 7) is 3.72. The zero-order valence-electron chi connectivity index (χ0n) is 20.1. The van der Waals surface area contributed by atoms with Gasteiger partial charge in [-0.2, -0.15) is 0 Å². The van der Waals surface area contributed by atoms with Gasteiger partial charge in [0.15, 0.2) is 0 Å². The van der Waals surface area contributed by atoms with Crippen molar-refractivity contribution in [3.8, 4) is 22.6 Å². The van der Waals surface area contributed by atoms with Crippen LogP contribution in [0.25, 0.3) is 22.2 Å². The highest BCUT2D eigenvalue weighted by Crippen LogP contribution is 2.29. The lowest BCUT2D eigenvalue weighted by Crippen LogP contribution is -2.24. The van der Waals surface area contributed by atoms with Gasteiger partial charge < -0.3 is 14.6 Å². The zero-order chi connectivity index (χ0) is 25.6. The van der Waals surface area contributed by atoms with E-state index in [0.717, 1.165) is 27.8 Å². The second-order valence-corrected chi connectivity index (χ2v) is 8.10. The Bertz CT molecular complexity index is 1580. The van der Waals surface area contributed by atoms with Crippen molar-refractivity contribution >= 4 is 28.6 Å². The summed E-state index contributed by atoms with van der Waals surface area (Å²) in [4.78, 5) is 30.1. The number of hydrogen-bond donors (Lipinski definition) is 2. The highest BCUT2D eigenvalue weighted by Gasteiger charge is 2.12. The van der Waals surface area contributed by atoms with Crippen LogP contribution in [0.5, 0.6) is 11.5 Å². The van der Waals surface area contributed by atoms with Gasteiger partial charge in [-0.3, -0.25) is 19.6 Å². The molecule has 5 aromatic rings. The van der Waals surface area contributed by atoms with Crippen LogP contribution >= 0.6 is 0 Å². The van der Waals surface area contributed by atoms with Crippen LogP contribution in [-0.4, -0.2) is 32.0 Å². The molecular weight excluding hydrogens is 468 g/mol. The summed E-state index contributed by atoms with van der Waals surface area (Å²) in [5.74, 6) is 1.26. The van der Waals surface area contributed by atoms with Gasteiger partial charge in [-0.25, -0.2) is 10.5 Å². The second kappa shape index (κ2) is 10.7. The molecule has 0 aliphatic rings. The smallest absolute Gasteiger partial charge is 0.293 e. The first-order chi connectivity index (χ1) is 18.1. The summed E-state index contributed by atoms with van der Waals surface area (Å²) < 4.78 is 7.97. The molecule has 37 heavy (non-hydrogen) atoms. The topological polar surface area (TPSA) is 103 Å². The number of imidazole rings is 1. The van der Waals surface area contributed by atoms with E-state index in [-0.39, 0.29) is 15.2 Å². The van der Waals surface area contributed by atoms with E-state index in [1.165, 1.54) is 18.3 Å². The van der Waals surface area contributed by atoms with E-state index in [1.807, 2.05) is 54.1 Å². The van der Waals surface area contributed by atoms with Crippen LogP contribution in [0.2, 0.25) is 0 Å². The number of fused-ring (bicyclic) bond motifs is 1. The molecule has 0 fully saturated rings. The van der Waals surface area contributed by atoms with Crippen LogP contribution < -0.4 is 15.5 Å². The maximum absolute atomic E-state index is 12.2. The number of pyridine rings is 2. The number of hydrogen-bond acceptors (Lipinski definition) is 7. The maximum atomic E-state index is 12.2. The van der Waals surface area contributed by atoms with Crippen molar-refractivity contribution in [2.24, 2.45) is 7.05 Å². The highest BCUT2D eigenvalue weighted by atomic mass is 16.6. The normalized spacial score (nSPS) is 10.7. The molecule has 0 unspecified atom stereocenters. The molecular formula is C28H28N6O3. The minimum absolute atomic E-state index is 0. The van der Waals surface area contributed by atoms with E-state index in [4.69, 9.17) is 14.6 Å². The Balaban J connectivity index is 0.00000210. The van der Waals surface area contributed by atoms with Crippen LogP contribution in [0, 0.1) is 0 Å². The van der Waals surface area contributed by atoms with Gasteiger partial charge in [-0.15, -0.1) is 6.58 Å². The molecule has 3 heterocycles. The SMILES string of the molecule is C=CCONC(=O)c1cc(Oc2ccc3c(c2)nc(Nc2cccc(-c4ccncc4)c2)n3C)ccn1.[HH].[HH]. The summed E-state index contributed by atoms with van der Waals surface area (Å²) in [6, 6.07) is 20.9. The molecule has 1 amide bonds. The standard InChI is InChI=1S/C28H24N6O3.2H2/c1-3-15-36-33-27(35)25-18-23(11-14-30-25)37-22-7-8-26-24(17-22)32-28(34(26)2)31-21-6-4-5-20(16-21)19-9-12-29-13-10-19;;/h3-14,16-18H,1,15H2,2H3,(H,31,32)(H,33,35);2*1H. The first-order valence-electron chi connectivity index (χ1n) is 11.5. The van der Waals surface area contributed by atoms with Crippen molar-refractivity contribution in [1.82, 2.24) is 25.0 Å². The number of carbonyl (C=O) groups excluding carboxylic acids is 1. The largest absolute Gasteiger partial charge is 0.457 e. The summed E-state index contributed by atoms with van der Waals surface area (Å²) in [5.41, 5.74) is 7.27. The lowest BCUT2D eigenvalue weighted by molar-refractivity contribution is 0.0416. The van der Waals surface area contributed by atoms with Gasteiger partial charge >= 0.3 is 0 Å². The Labute approximate surface area is 216 Å². The molecule has 0 aliphatic carbocycles. The van der Waals surface area contributed by atoms with Gasteiger partial charge in [0.1, 0.15) is 17.2 Å². The summed E-state index contributed by atoms with van der Waals surface area (Å²) in [6.07, 6.45) is 6.59. The van der Waals surface area contributed by atoms with E-state index >= 15 is 0 Å². The van der Waals surface area contributed by atoms with Gasteiger partial charge in [0.05, 0.1) is 17.6 Å². The molecule has 0 bridgehead atoms. The fraction of sp³-hybridized carbons (Fsp3) is 0.0714. The predicted octanol–water partition coefficient (Wildman–Crippen LogP) is 5.91. The van der Waals surface area contributed by atoms with Crippen LogP contribution in [0.4, 0.5) is 11.6 Å². The Kier molecular flexibility index (Phi) is 6.87. The van der Waals surface area contributed by atoms with Crippen molar-refractivity contribution in [3.05, 3.63) is 104 Å². The predicted molar refractivity (Wildman–Crippen MR) is 146 cm³/mol. The molecule has 9 heteroatoms. The Morgan fingerprint density at radius 2 is 1.86 bits per heavy atom. The number of aryl methyl sites for hydroxylation is 1. The number of aromatic nitrogens is 4. The minimum Gasteiger partial charge on any atom is -0.457 e. The van der Waals surface area contributed by atoms with E-state index in [9.17, 15) is 4.79 Å². The molecule has 0 radical (unpaired) electrons. The fourth-order valence-corrected chi connectivity index (χ4v) is 3.76. The third kappa shape index (κ3) is 5.47. The second-order valence-electron chi connectivity index (χ2n) is 8.10. The van der Waals surface area contributed by atoms with Crippen LogP contribution in [-0.2, 0) is 11.9 Å². The molecule has 9 nitrogen and oxygen atoms in total. The molecule has 2 aromatic carbocycles. The molecule has 5 rings (SSSR count). The molecule has 3 aromatic heterocycles. The average molecular weight is 497 g/mol. The lowest BCUT2D eigenvalue weighted by Gasteiger charge is -2.09. The number of carbonyl (C=O) groups is 1. The van der Waals surface area contributed by atoms with Crippen LogP contribution in [0.3, 0.4) is 0 Å². The number of anilines is 2. The average Bonchev–Trinajstić information content (AvgIpc) is 3.23. The monoisotopic (exact) mass is 496 g/mol. The molecule has 188 valence electrons. The number of amides is 1. The van der Waals surface area contributed by atoms with Crippen molar-refractivity contribution in [3.63, 3.8) is 0 Å². The first kappa shape index (κ1) is 23.7. The summed E-state index contributed by atoms with van der Waals surface area (Å²) in [7, 11) is 1.95. The first-order valence-corrected chi connectivity index (χ1v) is 11.5. The number of hydroxylamine groups is 1. The lowest BCUT2D eigenvalue weighted by atomic mass is 10.1. The summed E-state index contributed by atoms with van der Waals surface area (Å²) in [5, 5.41) is 3.41. The molecule has 0 spiro atoms. The number of rotatable bonds is 9. The van der Waals surface area contributed by atoms with Crippen molar-refractivity contribution in [1.29, 1.82) is 0 Å². The third-order valence-electron chi connectivity index (χ3n) is 5.55. The van der Waals surface area contributed by atoms with Crippen LogP contribution in [0.1, 0.15) is 13.3 Å². The van der Waals surface area contributed by atoms with E-state index < -0.39 is 5.91 Å². The fourth-order valence-electron chi connectivity index (χ4n) is 3.76. The van der Waals surface area contributed by atoms with Gasteiger partial charge in [0.2, 0.25) is 5.95 Å². The number of nitrogens with zero attached hydrogens (tertiary/aromatic N) is 4. The van der Waals surface area contributed by atoms with E-state index in [2.05, 4.69) is 39.5 Å².